The molecule has 0 aliphatic carbocycles. The van der Waals surface area contributed by atoms with Crippen LogP contribution in [0.3, 0.4) is 0 Å². The number of carbonyl (C=O) groups excluding carboxylic acids is 2. The van der Waals surface area contributed by atoms with E-state index < -0.39 is 5.97 Å². The van der Waals surface area contributed by atoms with Crippen LogP contribution in [0, 0.1) is 6.42 Å². The van der Waals surface area contributed by atoms with Gasteiger partial charge in [-0.15, -0.1) is 0 Å². The third-order valence-corrected chi connectivity index (χ3v) is 1.01. The van der Waals surface area contributed by atoms with E-state index in [0.29, 0.717) is 0 Å². The second-order valence-corrected chi connectivity index (χ2v) is 2.23. The lowest BCUT2D eigenvalue weighted by Crippen LogP contribution is -2.18. The number of carboxylic acid groups (broad SMARTS) is 1. The molecule has 0 amide bonds. The lowest BCUT2D eigenvalue weighted by Gasteiger charge is -1.80. The maximum absolute atomic E-state index is 10.4. The number of aliphatic carboxylic acids is 1. The van der Waals surface area contributed by atoms with Gasteiger partial charge in [-0.2, -0.15) is 0 Å². The Bertz CT molecular complexity index is 259. The van der Waals surface area contributed by atoms with Gasteiger partial charge in [0.05, 0.1) is 0 Å². The Hall–Kier alpha value is -1.77. The van der Waals surface area contributed by atoms with E-state index in [1.807, 2.05) is 0 Å². The predicted octanol–water partition coefficient (Wildman–Crippen LogP) is 0.198. The van der Waals surface area contributed by atoms with Gasteiger partial charge in [-0.25, -0.2) is 0 Å². The normalized spacial score (nSPS) is 11.5. The molecule has 0 heterocycles. The Morgan fingerprint density at radius 2 is 1.85 bits per heavy atom. The topological polar surface area (TPSA) is 57.2 Å². The minimum atomic E-state index is -1.23. The summed E-state index contributed by atoms with van der Waals surface area (Å²) in [5.41, 5.74) is 0. The van der Waals surface area contributed by atoms with E-state index in [0.717, 1.165) is 6.08 Å². The standard InChI is InChI=1S/C10H10O3/c1-9(11)7-5-3-2-4-6-8-10(12)13/h2-8H,1H3/b3-2+,7-5-,8-6-. The SMILES string of the molecule is CC(=O)/C=C\C=C\[CH+]/C=C\C(=O)[O-]. The average molecular weight is 178 g/mol. The first-order valence-electron chi connectivity index (χ1n) is 3.69. The summed E-state index contributed by atoms with van der Waals surface area (Å²) < 4.78 is 0. The molecule has 0 rings (SSSR count). The molecule has 68 valence electrons. The van der Waals surface area contributed by atoms with Gasteiger partial charge in [0.2, 0.25) is 0 Å². The van der Waals surface area contributed by atoms with E-state index in [1.54, 1.807) is 18.2 Å². The van der Waals surface area contributed by atoms with Crippen LogP contribution >= 0.6 is 0 Å². The Morgan fingerprint density at radius 3 is 2.38 bits per heavy atom. The number of allylic oxidation sites excluding steroid dienone is 5. The van der Waals surface area contributed by atoms with E-state index in [4.69, 9.17) is 0 Å². The van der Waals surface area contributed by atoms with Crippen LogP contribution in [0.5, 0.6) is 0 Å². The quantitative estimate of drug-likeness (QED) is 0.343. The van der Waals surface area contributed by atoms with Crippen molar-refractivity contribution in [3.05, 3.63) is 42.9 Å². The lowest BCUT2D eigenvalue weighted by atomic mass is 10.3. The summed E-state index contributed by atoms with van der Waals surface area (Å²) in [4.78, 5) is 20.3. The molecule has 0 radical (unpaired) electrons. The smallest absolute Gasteiger partial charge is 0.153 e. The molecule has 3 nitrogen and oxygen atoms in total. The van der Waals surface area contributed by atoms with Crippen molar-refractivity contribution in [1.29, 1.82) is 0 Å². The molecule has 0 fully saturated rings. The van der Waals surface area contributed by atoms with Gasteiger partial charge in [-0.05, 0) is 19.1 Å². The van der Waals surface area contributed by atoms with E-state index in [2.05, 4.69) is 0 Å². The van der Waals surface area contributed by atoms with Crippen LogP contribution < -0.4 is 5.11 Å². The highest BCUT2D eigenvalue weighted by molar-refractivity contribution is 5.87. The molecule has 0 unspecified atom stereocenters. The third kappa shape index (κ3) is 10.2. The summed E-state index contributed by atoms with van der Waals surface area (Å²) in [5.74, 6) is -1.26. The van der Waals surface area contributed by atoms with Crippen molar-refractivity contribution in [2.45, 2.75) is 6.92 Å². The summed E-state index contributed by atoms with van der Waals surface area (Å²) in [6.07, 6.45) is 10.0. The number of carboxylic acids is 1. The molecule has 0 atom stereocenters. The van der Waals surface area contributed by atoms with Gasteiger partial charge >= 0.3 is 0 Å². The molecule has 0 aliphatic rings. The van der Waals surface area contributed by atoms with Crippen LogP contribution in [0.15, 0.2) is 36.5 Å². The molecule has 0 saturated carbocycles. The Balaban J connectivity index is 3.65. The largest absolute Gasteiger partial charge is 0.532 e. The summed E-state index contributed by atoms with van der Waals surface area (Å²) >= 11 is 0. The van der Waals surface area contributed by atoms with Crippen molar-refractivity contribution in [2.75, 3.05) is 0 Å². The first kappa shape index (κ1) is 11.2. The second kappa shape index (κ2) is 6.91. The van der Waals surface area contributed by atoms with Gasteiger partial charge in [-0.3, -0.25) is 4.79 Å². The molecule has 0 aromatic carbocycles. The Labute approximate surface area is 77.1 Å². The third-order valence-electron chi connectivity index (χ3n) is 1.01. The molecule has 0 aliphatic heterocycles. The van der Waals surface area contributed by atoms with Crippen LogP contribution in [0.1, 0.15) is 6.92 Å². The highest BCUT2D eigenvalue weighted by Crippen LogP contribution is 1.85. The van der Waals surface area contributed by atoms with E-state index in [-0.39, 0.29) is 5.78 Å². The number of carbonyl (C=O) groups is 2. The second-order valence-electron chi connectivity index (χ2n) is 2.23. The molecule has 0 saturated heterocycles. The zero-order valence-corrected chi connectivity index (χ0v) is 7.27. The lowest BCUT2D eigenvalue weighted by molar-refractivity contribution is -0.297. The summed E-state index contributed by atoms with van der Waals surface area (Å²) in [5, 5.41) is 9.88. The molecule has 13 heavy (non-hydrogen) atoms. The van der Waals surface area contributed by atoms with Crippen LogP contribution in [0.2, 0.25) is 0 Å². The minimum Gasteiger partial charge on any atom is -0.532 e. The zero-order chi connectivity index (χ0) is 10.1. The minimum absolute atomic E-state index is 0.0325. The number of hydrogen-bond donors (Lipinski definition) is 0. The predicted molar refractivity (Wildman–Crippen MR) is 47.4 cm³/mol. The highest BCUT2D eigenvalue weighted by atomic mass is 16.4. The van der Waals surface area contributed by atoms with Crippen molar-refractivity contribution in [1.82, 2.24) is 0 Å². The molecule has 0 bridgehead atoms. The van der Waals surface area contributed by atoms with Crippen molar-refractivity contribution in [3.8, 4) is 0 Å². The molecular weight excluding hydrogens is 168 g/mol. The van der Waals surface area contributed by atoms with Crippen LogP contribution in [-0.2, 0) is 9.59 Å². The average Bonchev–Trinajstić information content (AvgIpc) is 2.01. The van der Waals surface area contributed by atoms with Crippen LogP contribution in [0.25, 0.3) is 0 Å². The molecule has 0 aromatic rings. The van der Waals surface area contributed by atoms with Crippen molar-refractivity contribution in [2.24, 2.45) is 0 Å². The molecule has 0 spiro atoms. The first-order chi connectivity index (χ1) is 6.13. The summed E-state index contributed by atoms with van der Waals surface area (Å²) in [7, 11) is 0. The van der Waals surface area contributed by atoms with Gasteiger partial charge in [0.25, 0.3) is 0 Å². The van der Waals surface area contributed by atoms with Gasteiger partial charge in [0.15, 0.2) is 5.78 Å². The number of ketones is 1. The van der Waals surface area contributed by atoms with Crippen molar-refractivity contribution >= 4 is 11.8 Å². The Kier molecular flexibility index (Phi) is 5.97. The van der Waals surface area contributed by atoms with Gasteiger partial charge in [-0.1, -0.05) is 0 Å². The van der Waals surface area contributed by atoms with Crippen molar-refractivity contribution in [3.63, 3.8) is 0 Å². The maximum Gasteiger partial charge on any atom is 0.153 e. The monoisotopic (exact) mass is 178 g/mol. The van der Waals surface area contributed by atoms with Crippen molar-refractivity contribution < 1.29 is 14.7 Å². The maximum atomic E-state index is 10.4. The number of hydrogen-bond acceptors (Lipinski definition) is 3. The fourth-order valence-electron chi connectivity index (χ4n) is 0.518. The van der Waals surface area contributed by atoms with Gasteiger partial charge < -0.3 is 9.90 Å². The molecule has 3 heteroatoms. The highest BCUT2D eigenvalue weighted by Gasteiger charge is 1.81. The fraction of sp³-hybridized carbons (Fsp3) is 0.100. The van der Waals surface area contributed by atoms with Gasteiger partial charge in [0.1, 0.15) is 5.97 Å². The van der Waals surface area contributed by atoms with E-state index in [9.17, 15) is 14.7 Å². The first-order valence-corrected chi connectivity index (χ1v) is 3.69. The zero-order valence-electron chi connectivity index (χ0n) is 7.27. The molecular formula is C10H10O3. The van der Waals surface area contributed by atoms with Crippen LogP contribution in [0.4, 0.5) is 0 Å². The van der Waals surface area contributed by atoms with E-state index in [1.165, 1.54) is 25.5 Å². The molecule has 0 aromatic heterocycles. The molecule has 0 N–H and O–H groups in total. The Morgan fingerprint density at radius 1 is 1.15 bits per heavy atom. The summed E-state index contributed by atoms with van der Waals surface area (Å²) in [6.45, 7) is 1.45. The fourth-order valence-corrected chi connectivity index (χ4v) is 0.518. The van der Waals surface area contributed by atoms with Gasteiger partial charge in [0, 0.05) is 30.7 Å². The summed E-state index contributed by atoms with van der Waals surface area (Å²) in [6, 6.07) is 0. The van der Waals surface area contributed by atoms with Crippen LogP contribution in [-0.4, -0.2) is 11.8 Å². The van der Waals surface area contributed by atoms with E-state index >= 15 is 0 Å². The number of rotatable bonds is 5.